The summed E-state index contributed by atoms with van der Waals surface area (Å²) in [5.41, 5.74) is 3.60. The van der Waals surface area contributed by atoms with Gasteiger partial charge < -0.3 is 0 Å². The Bertz CT molecular complexity index is 671. The molecule has 82 valence electrons. The van der Waals surface area contributed by atoms with Gasteiger partial charge in [0.2, 0.25) is 0 Å². The van der Waals surface area contributed by atoms with E-state index in [0.717, 1.165) is 23.1 Å². The van der Waals surface area contributed by atoms with E-state index in [1.54, 1.807) is 10.6 Å². The zero-order valence-corrected chi connectivity index (χ0v) is 9.08. The molecule has 3 rings (SSSR count). The van der Waals surface area contributed by atoms with Crippen LogP contribution in [-0.2, 0) is 0 Å². The molecule has 0 radical (unpaired) electrons. The summed E-state index contributed by atoms with van der Waals surface area (Å²) in [5.74, 6) is 0. The monoisotopic (exact) mass is 222 g/mol. The largest absolute Gasteiger partial charge is 0.297 e. The van der Waals surface area contributed by atoms with E-state index in [1.807, 2.05) is 36.5 Å². The third-order valence-electron chi connectivity index (χ3n) is 2.77. The van der Waals surface area contributed by atoms with Crippen LogP contribution in [0.3, 0.4) is 0 Å². The molecule has 1 aromatic carbocycles. The molecular weight excluding hydrogens is 212 g/mol. The molecule has 0 aliphatic rings. The number of hydrogen-bond acceptors (Lipinski definition) is 2. The summed E-state index contributed by atoms with van der Waals surface area (Å²) < 4.78 is 1.78. The van der Waals surface area contributed by atoms with Crippen LogP contribution < -0.4 is 0 Å². The van der Waals surface area contributed by atoms with Crippen LogP contribution in [0.25, 0.3) is 16.8 Å². The van der Waals surface area contributed by atoms with Crippen molar-refractivity contribution < 1.29 is 4.79 Å². The minimum Gasteiger partial charge on any atom is -0.297 e. The van der Waals surface area contributed by atoms with Gasteiger partial charge in [-0.05, 0) is 23.3 Å². The lowest BCUT2D eigenvalue weighted by Crippen LogP contribution is -1.90. The van der Waals surface area contributed by atoms with E-state index in [0.29, 0.717) is 5.69 Å². The highest BCUT2D eigenvalue weighted by Crippen LogP contribution is 2.20. The van der Waals surface area contributed by atoms with E-state index in [2.05, 4.69) is 17.1 Å². The molecule has 3 aromatic rings. The van der Waals surface area contributed by atoms with Crippen LogP contribution in [0.5, 0.6) is 0 Å². The summed E-state index contributed by atoms with van der Waals surface area (Å²) in [6.45, 7) is 0. The quantitative estimate of drug-likeness (QED) is 0.625. The first-order chi connectivity index (χ1) is 8.38. The molecule has 0 aliphatic carbocycles. The Morgan fingerprint density at radius 2 is 1.88 bits per heavy atom. The van der Waals surface area contributed by atoms with Crippen molar-refractivity contribution in [1.82, 2.24) is 9.38 Å². The molecule has 0 bridgehead atoms. The summed E-state index contributed by atoms with van der Waals surface area (Å²) in [6.07, 6.45) is 4.26. The molecule has 2 aromatic heterocycles. The molecule has 0 saturated carbocycles. The van der Waals surface area contributed by atoms with Crippen LogP contribution in [0, 0.1) is 0 Å². The Morgan fingerprint density at radius 3 is 2.65 bits per heavy atom. The highest BCUT2D eigenvalue weighted by Gasteiger charge is 2.03. The fraction of sp³-hybridized carbons (Fsp3) is 0. The van der Waals surface area contributed by atoms with Gasteiger partial charge in [0.05, 0.1) is 6.20 Å². The number of rotatable bonds is 2. The van der Waals surface area contributed by atoms with Crippen molar-refractivity contribution >= 4 is 11.9 Å². The summed E-state index contributed by atoms with van der Waals surface area (Å²) >= 11 is 0. The molecule has 0 saturated heterocycles. The Labute approximate surface area is 98.4 Å². The third kappa shape index (κ3) is 1.61. The number of carbonyl (C=O) groups excluding carboxylic acids is 1. The summed E-state index contributed by atoms with van der Waals surface area (Å²) in [7, 11) is 0. The fourth-order valence-electron chi connectivity index (χ4n) is 1.90. The highest BCUT2D eigenvalue weighted by molar-refractivity contribution is 5.75. The van der Waals surface area contributed by atoms with Gasteiger partial charge in [-0.15, -0.1) is 0 Å². The van der Waals surface area contributed by atoms with Gasteiger partial charge in [0.1, 0.15) is 11.3 Å². The third-order valence-corrected chi connectivity index (χ3v) is 2.77. The van der Waals surface area contributed by atoms with Crippen LogP contribution in [0.2, 0.25) is 0 Å². The summed E-state index contributed by atoms with van der Waals surface area (Å²) in [5, 5.41) is 0. The van der Waals surface area contributed by atoms with Crippen LogP contribution in [0.4, 0.5) is 0 Å². The molecule has 0 aliphatic heterocycles. The maximum absolute atomic E-state index is 10.8. The second-order valence-corrected chi connectivity index (χ2v) is 3.81. The zero-order chi connectivity index (χ0) is 11.7. The van der Waals surface area contributed by atoms with E-state index >= 15 is 0 Å². The van der Waals surface area contributed by atoms with Crippen LogP contribution in [-0.4, -0.2) is 15.7 Å². The van der Waals surface area contributed by atoms with Gasteiger partial charge in [0, 0.05) is 6.20 Å². The van der Waals surface area contributed by atoms with E-state index in [4.69, 9.17) is 0 Å². The van der Waals surface area contributed by atoms with E-state index < -0.39 is 0 Å². The van der Waals surface area contributed by atoms with Gasteiger partial charge in [-0.2, -0.15) is 0 Å². The SMILES string of the molecule is O=Cc1cnc2cc(-c3ccccc3)ccn12. The van der Waals surface area contributed by atoms with Gasteiger partial charge in [-0.3, -0.25) is 9.20 Å². The summed E-state index contributed by atoms with van der Waals surface area (Å²) in [4.78, 5) is 15.0. The Balaban J connectivity index is 2.18. The normalized spacial score (nSPS) is 10.6. The summed E-state index contributed by atoms with van der Waals surface area (Å²) in [6, 6.07) is 14.1. The number of nitrogens with zero attached hydrogens (tertiary/aromatic N) is 2. The smallest absolute Gasteiger partial charge is 0.168 e. The lowest BCUT2D eigenvalue weighted by atomic mass is 10.1. The van der Waals surface area contributed by atoms with Crippen molar-refractivity contribution in [2.24, 2.45) is 0 Å². The first-order valence-corrected chi connectivity index (χ1v) is 5.36. The molecule has 0 spiro atoms. The Kier molecular flexibility index (Phi) is 2.22. The number of benzene rings is 1. The van der Waals surface area contributed by atoms with Crippen LogP contribution in [0.1, 0.15) is 10.5 Å². The number of fused-ring (bicyclic) bond motifs is 1. The molecule has 0 atom stereocenters. The van der Waals surface area contributed by atoms with Gasteiger partial charge in [-0.1, -0.05) is 30.3 Å². The first kappa shape index (κ1) is 9.78. The molecule has 2 heterocycles. The predicted octanol–water partition coefficient (Wildman–Crippen LogP) is 2.81. The Morgan fingerprint density at radius 1 is 1.06 bits per heavy atom. The van der Waals surface area contributed by atoms with Crippen molar-refractivity contribution in [1.29, 1.82) is 0 Å². The highest BCUT2D eigenvalue weighted by atomic mass is 16.1. The lowest BCUT2D eigenvalue weighted by Gasteiger charge is -2.02. The molecule has 3 nitrogen and oxygen atoms in total. The number of carbonyl (C=O) groups is 1. The van der Waals surface area contributed by atoms with Crippen LogP contribution in [0.15, 0.2) is 54.9 Å². The van der Waals surface area contributed by atoms with Crippen LogP contribution >= 0.6 is 0 Å². The minimum absolute atomic E-state index is 0.569. The van der Waals surface area contributed by atoms with Gasteiger partial charge in [0.25, 0.3) is 0 Å². The number of pyridine rings is 1. The second kappa shape index (κ2) is 3.87. The Hall–Kier alpha value is -2.42. The van der Waals surface area contributed by atoms with E-state index in [9.17, 15) is 4.79 Å². The molecule has 0 amide bonds. The maximum atomic E-state index is 10.8. The predicted molar refractivity (Wildman–Crippen MR) is 66.0 cm³/mol. The second-order valence-electron chi connectivity index (χ2n) is 3.81. The number of imidazole rings is 1. The van der Waals surface area contributed by atoms with Crippen molar-refractivity contribution in [2.75, 3.05) is 0 Å². The van der Waals surface area contributed by atoms with Crippen molar-refractivity contribution in [3.8, 4) is 11.1 Å². The minimum atomic E-state index is 0.569. The van der Waals surface area contributed by atoms with Gasteiger partial charge >= 0.3 is 0 Å². The topological polar surface area (TPSA) is 34.4 Å². The molecule has 17 heavy (non-hydrogen) atoms. The molecule has 0 fully saturated rings. The van der Waals surface area contributed by atoms with E-state index in [1.165, 1.54) is 0 Å². The average Bonchev–Trinajstić information content (AvgIpc) is 2.81. The van der Waals surface area contributed by atoms with Gasteiger partial charge in [0.15, 0.2) is 6.29 Å². The van der Waals surface area contributed by atoms with Crippen molar-refractivity contribution in [3.05, 3.63) is 60.6 Å². The van der Waals surface area contributed by atoms with Crippen molar-refractivity contribution in [2.45, 2.75) is 0 Å². The maximum Gasteiger partial charge on any atom is 0.168 e. The lowest BCUT2D eigenvalue weighted by molar-refractivity contribution is 0.111. The first-order valence-electron chi connectivity index (χ1n) is 5.36. The number of aldehydes is 1. The number of aromatic nitrogens is 2. The zero-order valence-electron chi connectivity index (χ0n) is 9.08. The molecule has 0 unspecified atom stereocenters. The molecule has 3 heteroatoms. The number of hydrogen-bond donors (Lipinski definition) is 0. The average molecular weight is 222 g/mol. The van der Waals surface area contributed by atoms with E-state index in [-0.39, 0.29) is 0 Å². The fourth-order valence-corrected chi connectivity index (χ4v) is 1.90. The molecular formula is C14H10N2O. The standard InChI is InChI=1S/C14H10N2O/c17-10-13-9-15-14-8-12(6-7-16(13)14)11-4-2-1-3-5-11/h1-10H. The molecule has 0 N–H and O–H groups in total. The van der Waals surface area contributed by atoms with Gasteiger partial charge in [-0.25, -0.2) is 4.98 Å². The van der Waals surface area contributed by atoms with Crippen molar-refractivity contribution in [3.63, 3.8) is 0 Å².